The summed E-state index contributed by atoms with van der Waals surface area (Å²) in [6, 6.07) is 6.96. The van der Waals surface area contributed by atoms with E-state index < -0.39 is 0 Å². The lowest BCUT2D eigenvalue weighted by molar-refractivity contribution is 0.0785. The Bertz CT molecular complexity index is 507. The number of carbonyl (C=O) groups excluding carboxylic acids is 1. The van der Waals surface area contributed by atoms with Crippen LogP contribution in [0, 0.1) is 0 Å². The van der Waals surface area contributed by atoms with Crippen molar-refractivity contribution in [1.29, 1.82) is 0 Å². The molecule has 0 bridgehead atoms. The number of rotatable bonds is 3. The Hall–Kier alpha value is -2.30. The first-order chi connectivity index (χ1) is 8.16. The van der Waals surface area contributed by atoms with E-state index in [2.05, 4.69) is 10.2 Å². The number of carbonyl (C=O) groups is 1. The zero-order chi connectivity index (χ0) is 12.3. The van der Waals surface area contributed by atoms with Gasteiger partial charge in [-0.1, -0.05) is 6.07 Å². The van der Waals surface area contributed by atoms with Gasteiger partial charge in [0.1, 0.15) is 0 Å². The van der Waals surface area contributed by atoms with Crippen molar-refractivity contribution in [2.24, 2.45) is 0 Å². The van der Waals surface area contributed by atoms with E-state index in [1.807, 2.05) is 0 Å². The summed E-state index contributed by atoms with van der Waals surface area (Å²) in [5, 5.41) is 6.55. The molecule has 0 radical (unpaired) electrons. The number of nitrogens with two attached hydrogens (primary N) is 1. The maximum atomic E-state index is 12.1. The fourth-order valence-electron chi connectivity index (χ4n) is 1.60. The van der Waals surface area contributed by atoms with E-state index >= 15 is 0 Å². The fraction of sp³-hybridized carbons (Fsp3) is 0.167. The third-order valence-electron chi connectivity index (χ3n) is 2.45. The maximum Gasteiger partial charge on any atom is 0.253 e. The zero-order valence-electron chi connectivity index (χ0n) is 9.55. The summed E-state index contributed by atoms with van der Waals surface area (Å²) < 4.78 is 0. The van der Waals surface area contributed by atoms with E-state index in [4.69, 9.17) is 5.73 Å². The summed E-state index contributed by atoms with van der Waals surface area (Å²) in [6.45, 7) is 0.518. The second-order valence-electron chi connectivity index (χ2n) is 3.89. The van der Waals surface area contributed by atoms with Crippen LogP contribution in [0.15, 0.2) is 36.7 Å². The third-order valence-corrected chi connectivity index (χ3v) is 2.45. The molecule has 5 heteroatoms. The number of anilines is 1. The molecule has 2 rings (SSSR count). The molecule has 0 aliphatic rings. The minimum absolute atomic E-state index is 0.0569. The van der Waals surface area contributed by atoms with Crippen LogP contribution in [0.5, 0.6) is 0 Å². The second kappa shape index (κ2) is 4.69. The van der Waals surface area contributed by atoms with Crippen LogP contribution in [0.25, 0.3) is 0 Å². The van der Waals surface area contributed by atoms with Gasteiger partial charge < -0.3 is 10.6 Å². The fourth-order valence-corrected chi connectivity index (χ4v) is 1.60. The lowest BCUT2D eigenvalue weighted by Crippen LogP contribution is -2.26. The van der Waals surface area contributed by atoms with Crippen LogP contribution >= 0.6 is 0 Å². The molecule has 0 aliphatic carbocycles. The summed E-state index contributed by atoms with van der Waals surface area (Å²) in [5.74, 6) is -0.0569. The predicted octanol–water partition coefficient (Wildman–Crippen LogP) is 1.26. The van der Waals surface area contributed by atoms with Gasteiger partial charge in [-0.25, -0.2) is 0 Å². The Morgan fingerprint density at radius 2 is 2.35 bits per heavy atom. The van der Waals surface area contributed by atoms with E-state index in [-0.39, 0.29) is 5.91 Å². The SMILES string of the molecule is CN(Cc1cn[nH]c1)C(=O)c1cccc(N)c1. The number of nitrogens with one attached hydrogen (secondary N) is 1. The van der Waals surface area contributed by atoms with Crippen molar-refractivity contribution in [2.75, 3.05) is 12.8 Å². The number of aromatic amines is 1. The van der Waals surface area contributed by atoms with Gasteiger partial charge in [-0.15, -0.1) is 0 Å². The smallest absolute Gasteiger partial charge is 0.253 e. The molecule has 0 atom stereocenters. The Balaban J connectivity index is 2.09. The van der Waals surface area contributed by atoms with Gasteiger partial charge in [0, 0.05) is 36.6 Å². The van der Waals surface area contributed by atoms with Gasteiger partial charge in [0.2, 0.25) is 0 Å². The van der Waals surface area contributed by atoms with Crippen molar-refractivity contribution in [3.05, 3.63) is 47.8 Å². The minimum atomic E-state index is -0.0569. The maximum absolute atomic E-state index is 12.1. The monoisotopic (exact) mass is 230 g/mol. The summed E-state index contributed by atoms with van der Waals surface area (Å²) in [4.78, 5) is 13.7. The highest BCUT2D eigenvalue weighted by atomic mass is 16.2. The van der Waals surface area contributed by atoms with Crippen molar-refractivity contribution < 1.29 is 4.79 Å². The Morgan fingerprint density at radius 1 is 1.53 bits per heavy atom. The molecule has 5 nitrogen and oxygen atoms in total. The molecule has 0 aliphatic heterocycles. The van der Waals surface area contributed by atoms with E-state index in [0.29, 0.717) is 17.8 Å². The Labute approximate surface area is 99.2 Å². The van der Waals surface area contributed by atoms with Gasteiger partial charge in [0.25, 0.3) is 5.91 Å². The molecule has 3 N–H and O–H groups in total. The highest BCUT2D eigenvalue weighted by Gasteiger charge is 2.12. The lowest BCUT2D eigenvalue weighted by atomic mass is 10.2. The molecule has 1 amide bonds. The molecule has 0 saturated heterocycles. The van der Waals surface area contributed by atoms with Crippen molar-refractivity contribution in [2.45, 2.75) is 6.54 Å². The van der Waals surface area contributed by atoms with E-state index in [1.54, 1.807) is 48.6 Å². The van der Waals surface area contributed by atoms with Gasteiger partial charge in [-0.05, 0) is 18.2 Å². The standard InChI is InChI=1S/C12H14N4O/c1-16(8-9-6-14-15-7-9)12(17)10-3-2-4-11(13)5-10/h2-7H,8,13H2,1H3,(H,14,15). The zero-order valence-corrected chi connectivity index (χ0v) is 9.55. The largest absolute Gasteiger partial charge is 0.399 e. The van der Waals surface area contributed by atoms with Crippen LogP contribution in [0.1, 0.15) is 15.9 Å². The second-order valence-corrected chi connectivity index (χ2v) is 3.89. The number of hydrogen-bond donors (Lipinski definition) is 2. The minimum Gasteiger partial charge on any atom is -0.399 e. The quantitative estimate of drug-likeness (QED) is 0.779. The molecule has 0 saturated carbocycles. The van der Waals surface area contributed by atoms with E-state index in [1.165, 1.54) is 0 Å². The normalized spacial score (nSPS) is 10.2. The van der Waals surface area contributed by atoms with Crippen LogP contribution in [0.4, 0.5) is 5.69 Å². The first kappa shape index (κ1) is 11.2. The Morgan fingerprint density at radius 3 is 3.00 bits per heavy atom. The Kier molecular flexibility index (Phi) is 3.09. The molecule has 1 heterocycles. The topological polar surface area (TPSA) is 75.0 Å². The molecule has 88 valence electrons. The van der Waals surface area contributed by atoms with Gasteiger partial charge in [0.15, 0.2) is 0 Å². The van der Waals surface area contributed by atoms with Crippen LogP contribution in [-0.4, -0.2) is 28.1 Å². The van der Waals surface area contributed by atoms with Crippen LogP contribution in [0.2, 0.25) is 0 Å². The van der Waals surface area contributed by atoms with Crippen LogP contribution in [0.3, 0.4) is 0 Å². The number of nitrogen functional groups attached to an aromatic ring is 1. The number of amides is 1. The summed E-state index contributed by atoms with van der Waals surface area (Å²) in [5.41, 5.74) is 7.79. The van der Waals surface area contributed by atoms with Crippen molar-refractivity contribution in [1.82, 2.24) is 15.1 Å². The van der Waals surface area contributed by atoms with Crippen LogP contribution in [-0.2, 0) is 6.54 Å². The summed E-state index contributed by atoms with van der Waals surface area (Å²) in [6.07, 6.45) is 3.46. The average Bonchev–Trinajstić information content (AvgIpc) is 2.80. The number of hydrogen-bond acceptors (Lipinski definition) is 3. The van der Waals surface area contributed by atoms with E-state index in [9.17, 15) is 4.79 Å². The number of aromatic nitrogens is 2. The lowest BCUT2D eigenvalue weighted by Gasteiger charge is -2.16. The van der Waals surface area contributed by atoms with Crippen molar-refractivity contribution in [3.8, 4) is 0 Å². The van der Waals surface area contributed by atoms with E-state index in [0.717, 1.165) is 5.56 Å². The molecular weight excluding hydrogens is 216 g/mol. The molecular formula is C12H14N4O. The first-order valence-electron chi connectivity index (χ1n) is 5.25. The highest BCUT2D eigenvalue weighted by Crippen LogP contribution is 2.10. The third kappa shape index (κ3) is 2.63. The van der Waals surface area contributed by atoms with Crippen LogP contribution < -0.4 is 5.73 Å². The predicted molar refractivity (Wildman–Crippen MR) is 65.2 cm³/mol. The first-order valence-corrected chi connectivity index (χ1v) is 5.25. The molecule has 1 aromatic carbocycles. The molecule has 0 unspecified atom stereocenters. The van der Waals surface area contributed by atoms with Gasteiger partial charge in [-0.3, -0.25) is 9.89 Å². The number of H-pyrrole nitrogens is 1. The van der Waals surface area contributed by atoms with Gasteiger partial charge in [-0.2, -0.15) is 5.10 Å². The van der Waals surface area contributed by atoms with Gasteiger partial charge >= 0.3 is 0 Å². The number of nitrogens with zero attached hydrogens (tertiary/aromatic N) is 2. The van der Waals surface area contributed by atoms with Gasteiger partial charge in [0.05, 0.1) is 6.20 Å². The van der Waals surface area contributed by atoms with Crippen molar-refractivity contribution >= 4 is 11.6 Å². The molecule has 1 aromatic heterocycles. The summed E-state index contributed by atoms with van der Waals surface area (Å²) >= 11 is 0. The molecule has 17 heavy (non-hydrogen) atoms. The average molecular weight is 230 g/mol. The highest BCUT2D eigenvalue weighted by molar-refractivity contribution is 5.94. The summed E-state index contributed by atoms with van der Waals surface area (Å²) in [7, 11) is 1.75. The molecule has 0 fully saturated rings. The molecule has 2 aromatic rings. The van der Waals surface area contributed by atoms with Crippen molar-refractivity contribution in [3.63, 3.8) is 0 Å². The number of benzene rings is 1. The molecule has 0 spiro atoms.